The average Bonchev–Trinajstić information content (AvgIpc) is 2.56. The second-order valence-electron chi connectivity index (χ2n) is 3.16. The number of methoxy groups -OCH3 is 1. The molecule has 1 aromatic carbocycles. The Bertz CT molecular complexity index is 602. The van der Waals surface area contributed by atoms with Gasteiger partial charge in [-0.2, -0.15) is 0 Å². The number of nitrogens with one attached hydrogen (secondary N) is 1. The van der Waals surface area contributed by atoms with Gasteiger partial charge in [0.2, 0.25) is 0 Å². The molecule has 0 saturated carbocycles. The molecule has 0 unspecified atom stereocenters. The lowest BCUT2D eigenvalue weighted by atomic mass is 10.3. The van der Waals surface area contributed by atoms with Gasteiger partial charge in [0, 0.05) is 0 Å². The molecule has 6 heteroatoms. The monoisotopic (exact) mass is 240 g/mol. The fourth-order valence-electron chi connectivity index (χ4n) is 1.45. The molecular formula is C10H9FN2O2S. The predicted molar refractivity (Wildman–Crippen MR) is 57.6 cm³/mol. The van der Waals surface area contributed by atoms with Crippen LogP contribution in [0.2, 0.25) is 0 Å². The van der Waals surface area contributed by atoms with Crippen molar-refractivity contribution in [2.75, 3.05) is 7.11 Å². The van der Waals surface area contributed by atoms with Crippen LogP contribution >= 0.6 is 11.3 Å². The zero-order chi connectivity index (χ0) is 11.7. The molecule has 0 saturated heterocycles. The summed E-state index contributed by atoms with van der Waals surface area (Å²) < 4.78 is 20.0. The number of carbonyl (C=O) groups excluding carboxylic acids is 1. The molecule has 84 valence electrons. The van der Waals surface area contributed by atoms with Gasteiger partial charge in [-0.1, -0.05) is 17.4 Å². The number of hydrogen-bond donors (Lipinski definition) is 1. The number of rotatable bonds is 2. The van der Waals surface area contributed by atoms with Crippen LogP contribution < -0.4 is 4.80 Å². The highest BCUT2D eigenvalue weighted by Gasteiger charge is 2.12. The molecule has 2 rings (SSSR count). The largest absolute Gasteiger partial charge is 0.468 e. The number of benzene rings is 1. The summed E-state index contributed by atoms with van der Waals surface area (Å²) in [6.07, 6.45) is 0. The highest BCUT2D eigenvalue weighted by atomic mass is 32.1. The van der Waals surface area contributed by atoms with Crippen molar-refractivity contribution >= 4 is 27.5 Å². The second-order valence-corrected chi connectivity index (χ2v) is 4.19. The molecule has 0 spiro atoms. The van der Waals surface area contributed by atoms with Crippen molar-refractivity contribution in [3.8, 4) is 0 Å². The van der Waals surface area contributed by atoms with Gasteiger partial charge in [-0.05, 0) is 12.1 Å². The molecule has 0 aliphatic heterocycles. The molecule has 1 N–H and O–H groups in total. The van der Waals surface area contributed by atoms with Gasteiger partial charge < -0.3 is 9.30 Å². The standard InChI is InChI=1S/C10H9FN2O2S/c1-15-8(14)5-13-9-6(11)3-2-4-7(9)16-10(13)12/h2-4,12H,5H2,1H3. The summed E-state index contributed by atoms with van der Waals surface area (Å²) in [5.41, 5.74) is 0.280. The van der Waals surface area contributed by atoms with Crippen LogP contribution in [0.25, 0.3) is 10.2 Å². The third-order valence-corrected chi connectivity index (χ3v) is 3.15. The maximum atomic E-state index is 13.6. The summed E-state index contributed by atoms with van der Waals surface area (Å²) in [7, 11) is 1.26. The molecule has 0 atom stereocenters. The first kappa shape index (κ1) is 10.8. The minimum Gasteiger partial charge on any atom is -0.468 e. The third-order valence-electron chi connectivity index (χ3n) is 2.19. The Morgan fingerprint density at radius 1 is 1.62 bits per heavy atom. The maximum absolute atomic E-state index is 13.6. The average molecular weight is 240 g/mol. The Balaban J connectivity index is 2.64. The van der Waals surface area contributed by atoms with Crippen LogP contribution in [-0.2, 0) is 16.1 Å². The molecule has 2 aromatic rings. The van der Waals surface area contributed by atoms with E-state index in [0.29, 0.717) is 4.70 Å². The minimum atomic E-state index is -0.499. The smallest absolute Gasteiger partial charge is 0.325 e. The first-order valence-corrected chi connectivity index (χ1v) is 5.34. The quantitative estimate of drug-likeness (QED) is 0.809. The van der Waals surface area contributed by atoms with Gasteiger partial charge in [0.1, 0.15) is 12.4 Å². The Kier molecular flexibility index (Phi) is 2.74. The minimum absolute atomic E-state index is 0.130. The van der Waals surface area contributed by atoms with Gasteiger partial charge in [0.05, 0.1) is 17.3 Å². The number of hydrogen-bond acceptors (Lipinski definition) is 4. The van der Waals surface area contributed by atoms with Gasteiger partial charge in [-0.15, -0.1) is 0 Å². The Labute approximate surface area is 94.4 Å². The molecule has 0 amide bonds. The van der Waals surface area contributed by atoms with Gasteiger partial charge >= 0.3 is 5.97 Å². The van der Waals surface area contributed by atoms with Crippen molar-refractivity contribution in [2.24, 2.45) is 0 Å². The normalized spacial score (nSPS) is 10.6. The van der Waals surface area contributed by atoms with Crippen LogP contribution in [0.4, 0.5) is 4.39 Å². The van der Waals surface area contributed by atoms with Crippen molar-refractivity contribution in [3.63, 3.8) is 0 Å². The van der Waals surface area contributed by atoms with Crippen LogP contribution in [0.1, 0.15) is 0 Å². The fourth-order valence-corrected chi connectivity index (χ4v) is 2.37. The fraction of sp³-hybridized carbons (Fsp3) is 0.200. The first-order chi connectivity index (χ1) is 7.63. The number of carbonyl (C=O) groups is 1. The van der Waals surface area contributed by atoms with Crippen molar-refractivity contribution in [1.29, 1.82) is 5.41 Å². The Morgan fingerprint density at radius 2 is 2.38 bits per heavy atom. The molecule has 0 aliphatic rings. The predicted octanol–water partition coefficient (Wildman–Crippen LogP) is 1.49. The van der Waals surface area contributed by atoms with Crippen molar-refractivity contribution in [1.82, 2.24) is 4.57 Å². The van der Waals surface area contributed by atoms with Crippen molar-refractivity contribution in [3.05, 3.63) is 28.8 Å². The summed E-state index contributed by atoms with van der Waals surface area (Å²) in [5, 5.41) is 7.67. The zero-order valence-corrected chi connectivity index (χ0v) is 9.31. The van der Waals surface area contributed by atoms with Gasteiger partial charge in [-0.3, -0.25) is 10.2 Å². The van der Waals surface area contributed by atoms with Gasteiger partial charge in [0.25, 0.3) is 0 Å². The van der Waals surface area contributed by atoms with Crippen LogP contribution in [0.3, 0.4) is 0 Å². The lowest BCUT2D eigenvalue weighted by Crippen LogP contribution is -2.20. The molecule has 0 radical (unpaired) electrons. The zero-order valence-electron chi connectivity index (χ0n) is 8.49. The number of fused-ring (bicyclic) bond motifs is 1. The summed E-state index contributed by atoms with van der Waals surface area (Å²) in [5.74, 6) is -0.933. The van der Waals surface area contributed by atoms with Gasteiger partial charge in [0.15, 0.2) is 4.80 Å². The van der Waals surface area contributed by atoms with E-state index in [1.807, 2.05) is 0 Å². The van der Waals surface area contributed by atoms with E-state index >= 15 is 0 Å². The number of nitrogens with zero attached hydrogens (tertiary/aromatic N) is 1. The topological polar surface area (TPSA) is 55.1 Å². The van der Waals surface area contributed by atoms with Crippen LogP contribution in [0.5, 0.6) is 0 Å². The maximum Gasteiger partial charge on any atom is 0.325 e. The van der Waals surface area contributed by atoms with E-state index < -0.39 is 11.8 Å². The Morgan fingerprint density at radius 3 is 3.06 bits per heavy atom. The van der Waals surface area contributed by atoms with Crippen LogP contribution in [0.15, 0.2) is 18.2 Å². The van der Waals surface area contributed by atoms with E-state index in [0.717, 1.165) is 11.3 Å². The molecule has 1 aromatic heterocycles. The Hall–Kier alpha value is -1.69. The number of thiazole rings is 1. The lowest BCUT2D eigenvalue weighted by Gasteiger charge is -2.03. The van der Waals surface area contributed by atoms with Crippen molar-refractivity contribution in [2.45, 2.75) is 6.54 Å². The van der Waals surface area contributed by atoms with Crippen molar-refractivity contribution < 1.29 is 13.9 Å². The summed E-state index contributed by atoms with van der Waals surface area (Å²) >= 11 is 1.13. The van der Waals surface area contributed by atoms with E-state index in [1.54, 1.807) is 12.1 Å². The second kappa shape index (κ2) is 4.05. The van der Waals surface area contributed by atoms with E-state index in [1.165, 1.54) is 17.7 Å². The van der Waals surface area contributed by atoms with E-state index in [4.69, 9.17) is 5.41 Å². The van der Waals surface area contributed by atoms with E-state index in [2.05, 4.69) is 4.74 Å². The molecule has 0 bridgehead atoms. The highest BCUT2D eigenvalue weighted by molar-refractivity contribution is 7.16. The lowest BCUT2D eigenvalue weighted by molar-refractivity contribution is -0.141. The SMILES string of the molecule is COC(=O)Cn1c(=N)sc2cccc(F)c21. The molecule has 0 fully saturated rings. The number of aromatic nitrogens is 1. The van der Waals surface area contributed by atoms with Crippen LogP contribution in [-0.4, -0.2) is 17.6 Å². The highest BCUT2D eigenvalue weighted by Crippen LogP contribution is 2.19. The summed E-state index contributed by atoms with van der Waals surface area (Å²) in [6.45, 7) is -0.143. The summed E-state index contributed by atoms with van der Waals surface area (Å²) in [6, 6.07) is 4.60. The molecule has 4 nitrogen and oxygen atoms in total. The molecule has 16 heavy (non-hydrogen) atoms. The number of halogens is 1. The number of ether oxygens (including phenoxy) is 1. The van der Waals surface area contributed by atoms with Crippen LogP contribution in [0, 0.1) is 11.2 Å². The molecule has 1 heterocycles. The summed E-state index contributed by atoms with van der Waals surface area (Å²) in [4.78, 5) is 11.3. The van der Waals surface area contributed by atoms with E-state index in [9.17, 15) is 9.18 Å². The number of para-hydroxylation sites is 1. The van der Waals surface area contributed by atoms with E-state index in [-0.39, 0.29) is 16.9 Å². The third kappa shape index (κ3) is 1.71. The number of esters is 1. The molecular weight excluding hydrogens is 231 g/mol. The molecule has 0 aliphatic carbocycles. The first-order valence-electron chi connectivity index (χ1n) is 4.52. The van der Waals surface area contributed by atoms with Gasteiger partial charge in [-0.25, -0.2) is 4.39 Å².